The summed E-state index contributed by atoms with van der Waals surface area (Å²) in [7, 11) is 5.90. The molecule has 0 aromatic carbocycles. The Balaban J connectivity index is 0.000000117. The summed E-state index contributed by atoms with van der Waals surface area (Å²) >= 11 is 0. The van der Waals surface area contributed by atoms with E-state index in [1.54, 1.807) is 37.2 Å². The molecule has 12 aromatic rings. The van der Waals surface area contributed by atoms with Crippen molar-refractivity contribution < 1.29 is 43.9 Å². The molecule has 600 valence electrons. The molecule has 9 N–H and O–H groups in total. The maximum atomic E-state index is 13.0. The van der Waals surface area contributed by atoms with Crippen LogP contribution in [0.2, 0.25) is 0 Å². The highest BCUT2D eigenvalue weighted by Gasteiger charge is 2.35. The van der Waals surface area contributed by atoms with Crippen molar-refractivity contribution in [1.29, 1.82) is 0 Å². The number of nitrogens with one attached hydrogen (secondary N) is 6. The third-order valence-corrected chi connectivity index (χ3v) is 24.4. The first-order valence-electron chi connectivity index (χ1n) is 40.5. The molecule has 0 spiro atoms. The summed E-state index contributed by atoms with van der Waals surface area (Å²) in [6.45, 7) is 12.2. The maximum Gasteiger partial charge on any atom is 0.254 e. The Labute approximate surface area is 674 Å². The van der Waals surface area contributed by atoms with E-state index in [4.69, 9.17) is 44.1 Å². The lowest BCUT2D eigenvalue weighted by Gasteiger charge is -2.20. The second kappa shape index (κ2) is 32.1. The van der Waals surface area contributed by atoms with Crippen LogP contribution in [0.3, 0.4) is 0 Å². The summed E-state index contributed by atoms with van der Waals surface area (Å²) in [5, 5.41) is 52.3. The van der Waals surface area contributed by atoms with Crippen LogP contribution in [0.15, 0.2) is 129 Å². The quantitative estimate of drug-likeness (QED) is 0.0386. The van der Waals surface area contributed by atoms with Crippen molar-refractivity contribution in [1.82, 2.24) is 89.2 Å². The first-order valence-corrected chi connectivity index (χ1v) is 40.5. The zero-order chi connectivity index (χ0) is 79.5. The summed E-state index contributed by atoms with van der Waals surface area (Å²) in [6, 6.07) is 24.3. The maximum absolute atomic E-state index is 13.0. The van der Waals surface area contributed by atoms with Crippen molar-refractivity contribution in [3.63, 3.8) is 0 Å². The van der Waals surface area contributed by atoms with E-state index in [0.717, 1.165) is 179 Å². The molecule has 3 amide bonds. The van der Waals surface area contributed by atoms with Crippen LogP contribution in [0.25, 0.3) is 66.9 Å². The van der Waals surface area contributed by atoms with E-state index in [-0.39, 0.29) is 36.0 Å². The highest BCUT2D eigenvalue weighted by molar-refractivity contribution is 6.09. The van der Waals surface area contributed by atoms with Gasteiger partial charge in [0.05, 0.1) is 125 Å². The fourth-order valence-corrected chi connectivity index (χ4v) is 18.3. The van der Waals surface area contributed by atoms with Gasteiger partial charge in [-0.1, -0.05) is 18.2 Å². The standard InChI is InChI=1S/3C29H31N7O3/c3*1-35-9-6-21-20(4-8-30-28(21)35)27-22-12-32-29(38)26(22)23(13-31-27)33-25-3-2-19(17-7-11-39-16-17)24(34-25)15-36-10-5-18(37)14-36/h3*2-4,6,8-9,13,17-18,37H,5,7,10-12,14-16H2,1H3,(H,32,38)(H,33,34)/t2*17-,18+;17-,18-/m100/s1. The summed E-state index contributed by atoms with van der Waals surface area (Å²) < 4.78 is 22.9. The van der Waals surface area contributed by atoms with E-state index in [9.17, 15) is 29.7 Å². The highest BCUT2D eigenvalue weighted by atomic mass is 16.5. The molecule has 0 radical (unpaired) electrons. The molecule has 12 aromatic heterocycles. The fourth-order valence-electron chi connectivity index (χ4n) is 18.3. The van der Waals surface area contributed by atoms with Crippen LogP contribution in [0, 0.1) is 0 Å². The number of aryl methyl sites for hydroxylation is 3. The van der Waals surface area contributed by atoms with Gasteiger partial charge >= 0.3 is 0 Å². The van der Waals surface area contributed by atoms with Crippen LogP contribution in [-0.4, -0.2) is 204 Å². The molecule has 30 heteroatoms. The Morgan fingerprint density at radius 3 is 0.983 bits per heavy atom. The molecule has 6 atom stereocenters. The lowest BCUT2D eigenvalue weighted by Crippen LogP contribution is -2.23. The molecule has 0 bridgehead atoms. The van der Waals surface area contributed by atoms with Crippen molar-refractivity contribution in [3.8, 4) is 33.8 Å². The molecule has 30 nitrogen and oxygen atoms in total. The van der Waals surface area contributed by atoms with Crippen molar-refractivity contribution in [2.75, 3.05) is 94.9 Å². The number of nitrogens with zero attached hydrogens (tertiary/aromatic N) is 15. The number of carbonyl (C=O) groups is 3. The first kappa shape index (κ1) is 75.5. The number of amides is 3. The van der Waals surface area contributed by atoms with Gasteiger partial charge in [-0.05, 0) is 110 Å². The number of likely N-dealkylation sites (tertiary alicyclic amines) is 3. The average Bonchev–Trinajstić information content (AvgIpc) is 1.54. The molecule has 21 heterocycles. The third kappa shape index (κ3) is 15.0. The van der Waals surface area contributed by atoms with Gasteiger partial charge in [0.1, 0.15) is 34.4 Å². The first-order chi connectivity index (χ1) is 57.1. The van der Waals surface area contributed by atoms with Gasteiger partial charge < -0.3 is 75.1 Å². The highest BCUT2D eigenvalue weighted by Crippen LogP contribution is 2.42. The lowest BCUT2D eigenvalue weighted by molar-refractivity contribution is 0.0958. The summed E-state index contributed by atoms with van der Waals surface area (Å²) in [4.78, 5) is 88.9. The monoisotopic (exact) mass is 1580 g/mol. The minimum atomic E-state index is -0.284. The van der Waals surface area contributed by atoms with Gasteiger partial charge in [0.15, 0.2) is 0 Å². The molecule has 9 aliphatic rings. The molecule has 0 aliphatic carbocycles. The Bertz CT molecular complexity index is 5290. The van der Waals surface area contributed by atoms with Crippen molar-refractivity contribution in [2.45, 2.75) is 114 Å². The Hall–Kier alpha value is -11.6. The number of fused-ring (bicyclic) bond motifs is 6. The Kier molecular flexibility index (Phi) is 20.7. The molecular weight excluding hydrogens is 1480 g/mol. The van der Waals surface area contributed by atoms with Crippen LogP contribution in [-0.2, 0) is 74.6 Å². The number of hydrogen-bond acceptors (Lipinski definition) is 24. The number of hydrogen-bond donors (Lipinski definition) is 9. The van der Waals surface area contributed by atoms with Crippen molar-refractivity contribution in [2.24, 2.45) is 21.1 Å². The molecule has 0 unspecified atom stereocenters. The average molecular weight is 1580 g/mol. The predicted molar refractivity (Wildman–Crippen MR) is 440 cm³/mol. The number of pyridine rings is 9. The van der Waals surface area contributed by atoms with Gasteiger partial charge in [-0.3, -0.25) is 44.0 Å². The van der Waals surface area contributed by atoms with Gasteiger partial charge in [-0.2, -0.15) is 0 Å². The fraction of sp³-hybridized carbons (Fsp3) is 0.379. The summed E-state index contributed by atoms with van der Waals surface area (Å²) in [5.41, 5.74) is 20.7. The number of rotatable bonds is 18. The SMILES string of the molecule is Cn1ccc2c(-c3ncc(Nc4ccc([C@@H]5CCOC5)c(CN5CC[C@H](O)C5)n4)c4c3CNC4=O)ccnc21.Cn1ccc2c(-c3ncc(Nc4ccc([C@H]5CCOC5)c(CN5CC[C@@H](O)C5)n4)c4c3CNC4=O)ccnc21.Cn1ccc2c(-c3ncc(Nc4ccc([C@H]5CCOC5)c(CN5CC[C@H](O)C5)n4)c4c3CNC4=O)ccnc21. The number of anilines is 6. The molecule has 21 rings (SSSR count). The van der Waals surface area contributed by atoms with E-state index in [0.29, 0.717) is 148 Å². The summed E-state index contributed by atoms with van der Waals surface area (Å²) in [6.07, 6.45) is 20.9. The molecule has 0 saturated carbocycles. The van der Waals surface area contributed by atoms with Crippen LogP contribution in [0.1, 0.15) is 138 Å². The number of aromatic nitrogens is 12. The van der Waals surface area contributed by atoms with Gasteiger partial charge in [0.2, 0.25) is 0 Å². The number of aliphatic hydroxyl groups is 3. The van der Waals surface area contributed by atoms with E-state index in [2.05, 4.69) is 79.8 Å². The summed E-state index contributed by atoms with van der Waals surface area (Å²) in [5.74, 6) is 2.58. The topological polar surface area (TPSA) is 352 Å². The van der Waals surface area contributed by atoms with E-state index in [1.807, 2.05) is 108 Å². The van der Waals surface area contributed by atoms with Crippen LogP contribution in [0.4, 0.5) is 34.5 Å². The lowest BCUT2D eigenvalue weighted by atomic mass is 9.96. The number of aliphatic hydroxyl groups excluding tert-OH is 3. The van der Waals surface area contributed by atoms with Crippen LogP contribution in [0.5, 0.6) is 0 Å². The second-order valence-corrected chi connectivity index (χ2v) is 32.0. The van der Waals surface area contributed by atoms with E-state index in [1.165, 1.54) is 16.7 Å². The minimum absolute atomic E-state index is 0.125. The van der Waals surface area contributed by atoms with Gasteiger partial charge in [0.25, 0.3) is 17.7 Å². The van der Waals surface area contributed by atoms with Gasteiger partial charge in [-0.15, -0.1) is 0 Å². The van der Waals surface area contributed by atoms with E-state index < -0.39 is 0 Å². The largest absolute Gasteiger partial charge is 0.392 e. The second-order valence-electron chi connectivity index (χ2n) is 32.0. The zero-order valence-electron chi connectivity index (χ0n) is 65.6. The van der Waals surface area contributed by atoms with E-state index >= 15 is 0 Å². The van der Waals surface area contributed by atoms with Crippen LogP contribution < -0.4 is 31.9 Å². The predicted octanol–water partition coefficient (Wildman–Crippen LogP) is 9.26. The normalized spacial score (nSPS) is 21.0. The molecule has 9 aliphatic heterocycles. The van der Waals surface area contributed by atoms with Crippen molar-refractivity contribution in [3.05, 3.63) is 196 Å². The third-order valence-electron chi connectivity index (χ3n) is 24.4. The van der Waals surface area contributed by atoms with Crippen LogP contribution >= 0.6 is 0 Å². The van der Waals surface area contributed by atoms with Crippen molar-refractivity contribution >= 4 is 85.3 Å². The Morgan fingerprint density at radius 2 is 0.709 bits per heavy atom. The van der Waals surface area contributed by atoms with Gasteiger partial charge in [0, 0.05) is 224 Å². The molecular formula is C87H93N21O9. The number of β-amino-alcohol motifs (C(OH)–C–C–N with tert-alkyl or cyclic N) is 3. The number of carbonyl (C=O) groups excluding carboxylic acids is 3. The zero-order valence-corrected chi connectivity index (χ0v) is 65.6. The molecule has 117 heavy (non-hydrogen) atoms. The smallest absolute Gasteiger partial charge is 0.254 e. The Morgan fingerprint density at radius 1 is 0.402 bits per heavy atom. The molecule has 6 saturated heterocycles. The minimum Gasteiger partial charge on any atom is -0.392 e. The molecule has 6 fully saturated rings. The van der Waals surface area contributed by atoms with Gasteiger partial charge in [-0.25, -0.2) is 29.9 Å². The number of ether oxygens (including phenoxy) is 3.